The summed E-state index contributed by atoms with van der Waals surface area (Å²) in [5.41, 5.74) is 6.68. The molecule has 0 bridgehead atoms. The van der Waals surface area contributed by atoms with E-state index in [1.54, 1.807) is 31.4 Å². The van der Waals surface area contributed by atoms with Gasteiger partial charge in [-0.05, 0) is 96.1 Å². The van der Waals surface area contributed by atoms with Crippen LogP contribution in [0.4, 0.5) is 10.1 Å². The highest BCUT2D eigenvalue weighted by Gasteiger charge is 2.34. The number of halogens is 1. The zero-order valence-electron chi connectivity index (χ0n) is 31.6. The van der Waals surface area contributed by atoms with Gasteiger partial charge >= 0.3 is 0 Å². The molecule has 1 aliphatic carbocycles. The molecule has 1 amide bonds. The molecule has 4 atom stereocenters. The van der Waals surface area contributed by atoms with Crippen LogP contribution in [0, 0.1) is 17.8 Å². The molecule has 11 heteroatoms. The summed E-state index contributed by atoms with van der Waals surface area (Å²) in [5.74, 6) is 2.50. The molecule has 0 spiro atoms. The number of fused-ring (bicyclic) bond motifs is 1. The van der Waals surface area contributed by atoms with Crippen LogP contribution < -0.4 is 11.1 Å². The zero-order valence-corrected chi connectivity index (χ0v) is 31.6. The molecule has 10 nitrogen and oxygen atoms in total. The molecule has 2 fully saturated rings. The van der Waals surface area contributed by atoms with Crippen molar-refractivity contribution in [3.63, 3.8) is 0 Å². The maximum absolute atomic E-state index is 11.9. The molecule has 2 aliphatic rings. The van der Waals surface area contributed by atoms with E-state index < -0.39 is 6.67 Å². The summed E-state index contributed by atoms with van der Waals surface area (Å²) in [4.78, 5) is 33.5. The van der Waals surface area contributed by atoms with Crippen molar-refractivity contribution in [2.24, 2.45) is 23.5 Å². The van der Waals surface area contributed by atoms with Crippen LogP contribution in [0.1, 0.15) is 102 Å². The Labute approximate surface area is 300 Å². The van der Waals surface area contributed by atoms with Gasteiger partial charge in [-0.25, -0.2) is 4.39 Å². The predicted octanol–water partition coefficient (Wildman–Crippen LogP) is 7.47. The molecule has 4 rings (SSSR count). The number of nitrogens with zero attached hydrogens (tertiary/aromatic N) is 1. The number of aldehydes is 2. The Morgan fingerprint density at radius 1 is 1.02 bits per heavy atom. The predicted molar refractivity (Wildman–Crippen MR) is 199 cm³/mol. The van der Waals surface area contributed by atoms with Crippen molar-refractivity contribution in [3.8, 4) is 0 Å². The van der Waals surface area contributed by atoms with Gasteiger partial charge in [0.25, 0.3) is 0 Å². The molecular formula is C39H66FN3O7. The number of furan rings is 1. The van der Waals surface area contributed by atoms with Crippen LogP contribution in [0.2, 0.25) is 0 Å². The number of benzene rings is 1. The lowest BCUT2D eigenvalue weighted by Crippen LogP contribution is -2.30. The zero-order chi connectivity index (χ0) is 37.1. The van der Waals surface area contributed by atoms with Gasteiger partial charge in [0.05, 0.1) is 13.2 Å². The van der Waals surface area contributed by atoms with E-state index >= 15 is 0 Å². The second-order valence-corrected chi connectivity index (χ2v) is 13.2. The molecule has 1 saturated carbocycles. The molecule has 50 heavy (non-hydrogen) atoms. The van der Waals surface area contributed by atoms with Crippen LogP contribution in [0.25, 0.3) is 11.0 Å². The summed E-state index contributed by atoms with van der Waals surface area (Å²) in [6.07, 6.45) is 14.5. The maximum atomic E-state index is 11.9. The van der Waals surface area contributed by atoms with E-state index in [0.717, 1.165) is 62.0 Å². The largest absolute Gasteiger partial charge is 0.453 e. The van der Waals surface area contributed by atoms with Gasteiger partial charge in [0.1, 0.15) is 24.6 Å². The fourth-order valence-corrected chi connectivity index (χ4v) is 6.37. The Morgan fingerprint density at radius 2 is 1.70 bits per heavy atom. The maximum Gasteiger partial charge on any atom is 0.211 e. The van der Waals surface area contributed by atoms with E-state index in [1.807, 2.05) is 20.8 Å². The summed E-state index contributed by atoms with van der Waals surface area (Å²) < 4.78 is 32.5. The average molecular weight is 708 g/mol. The lowest BCUT2D eigenvalue weighted by molar-refractivity contribution is -0.111. The molecule has 2 heterocycles. The van der Waals surface area contributed by atoms with Crippen molar-refractivity contribution in [2.75, 3.05) is 59.1 Å². The first-order valence-electron chi connectivity index (χ1n) is 18.6. The Bertz CT molecular complexity index is 1150. The third kappa shape index (κ3) is 18.0. The lowest BCUT2D eigenvalue weighted by Gasteiger charge is -2.31. The number of anilines is 1. The van der Waals surface area contributed by atoms with Crippen LogP contribution in [0.3, 0.4) is 0 Å². The molecular weight excluding hydrogens is 641 g/mol. The first-order valence-corrected chi connectivity index (χ1v) is 18.6. The van der Waals surface area contributed by atoms with Crippen molar-refractivity contribution in [1.82, 2.24) is 4.90 Å². The smallest absolute Gasteiger partial charge is 0.211 e. The number of carbonyl (C=O) groups excluding carboxylic acids is 3. The second-order valence-electron chi connectivity index (χ2n) is 13.2. The van der Waals surface area contributed by atoms with Crippen LogP contribution in [0.5, 0.6) is 0 Å². The Hall–Kier alpha value is -2.70. The number of carbonyl (C=O) groups is 3. The summed E-state index contributed by atoms with van der Waals surface area (Å²) >= 11 is 0. The molecule has 4 unspecified atom stereocenters. The minimum atomic E-state index is -0.460. The van der Waals surface area contributed by atoms with Gasteiger partial charge in [-0.3, -0.25) is 9.59 Å². The summed E-state index contributed by atoms with van der Waals surface area (Å²) in [6, 6.07) is 7.28. The highest BCUT2D eigenvalue weighted by Crippen LogP contribution is 2.37. The van der Waals surface area contributed by atoms with Crippen molar-refractivity contribution in [3.05, 3.63) is 30.0 Å². The minimum absolute atomic E-state index is 0.0786. The topological polar surface area (TPSA) is 133 Å². The molecule has 1 aromatic heterocycles. The number of rotatable bonds is 18. The number of amides is 1. The van der Waals surface area contributed by atoms with E-state index in [1.165, 1.54) is 45.1 Å². The molecule has 2 aromatic rings. The Balaban J connectivity index is 0.000000335. The number of alkyl halides is 1. The monoisotopic (exact) mass is 707 g/mol. The van der Waals surface area contributed by atoms with Crippen LogP contribution >= 0.6 is 0 Å². The second kappa shape index (κ2) is 28.0. The average Bonchev–Trinajstić information content (AvgIpc) is 3.72. The van der Waals surface area contributed by atoms with Gasteiger partial charge in [0, 0.05) is 49.4 Å². The standard InChI is InChI=1S/C12H23N.C10H7NO3.C9H18FNO.C8H18O3/c1-10-12(8-9-13(10)2)11-6-4-3-5-7-11;12-5-9-4-7-3-8(11-6-13)1-2-10(7)14-9;1-2-8(7-12)4-3-5-9(11)6-10;1-4-10-6-8(9-3)7-11-5-2/h10-12H,3-9H2,1-2H3;1-6H,(H,11,13);7-9H,2-6,11H2,1H3;8H,4-7H2,1-3H3. The fourth-order valence-electron chi connectivity index (χ4n) is 6.37. The molecule has 1 aromatic carbocycles. The van der Waals surface area contributed by atoms with Gasteiger partial charge in [0.2, 0.25) is 6.41 Å². The molecule has 3 N–H and O–H groups in total. The van der Waals surface area contributed by atoms with Gasteiger partial charge in [-0.1, -0.05) is 45.4 Å². The SMILES string of the molecule is CC1C(C2CCCCC2)CCN1C.CCC(C=O)CCCC(N)CF.CCOCC(COCC)OC.O=CNc1ccc2oc(C=O)cc2c1. The number of nitrogens with one attached hydrogen (secondary N) is 1. The van der Waals surface area contributed by atoms with E-state index in [2.05, 4.69) is 24.2 Å². The van der Waals surface area contributed by atoms with Crippen LogP contribution in [-0.4, -0.2) is 95.9 Å². The van der Waals surface area contributed by atoms with E-state index in [-0.39, 0.29) is 23.8 Å². The van der Waals surface area contributed by atoms with Crippen molar-refractivity contribution in [1.29, 1.82) is 0 Å². The third-order valence-corrected chi connectivity index (χ3v) is 9.68. The van der Waals surface area contributed by atoms with E-state index in [4.69, 9.17) is 24.4 Å². The first-order chi connectivity index (χ1) is 24.2. The van der Waals surface area contributed by atoms with Crippen LogP contribution in [0.15, 0.2) is 28.7 Å². The van der Waals surface area contributed by atoms with E-state index in [0.29, 0.717) is 43.6 Å². The number of hydrogen-bond donors (Lipinski definition) is 2. The molecule has 1 saturated heterocycles. The van der Waals surface area contributed by atoms with Gasteiger partial charge in [0.15, 0.2) is 12.0 Å². The molecule has 0 radical (unpaired) electrons. The Morgan fingerprint density at radius 3 is 2.20 bits per heavy atom. The highest BCUT2D eigenvalue weighted by atomic mass is 19.1. The number of methoxy groups -OCH3 is 1. The lowest BCUT2D eigenvalue weighted by atomic mass is 9.77. The molecule has 1 aliphatic heterocycles. The first kappa shape index (κ1) is 45.3. The van der Waals surface area contributed by atoms with Crippen molar-refractivity contribution >= 4 is 35.6 Å². The summed E-state index contributed by atoms with van der Waals surface area (Å²) in [6.45, 7) is 11.9. The van der Waals surface area contributed by atoms with Gasteiger partial charge < -0.3 is 39.4 Å². The minimum Gasteiger partial charge on any atom is -0.453 e. The van der Waals surface area contributed by atoms with Gasteiger partial charge in [-0.2, -0.15) is 0 Å². The number of likely N-dealkylation sites (tertiary alicyclic amines) is 1. The Kier molecular flexibility index (Phi) is 25.3. The summed E-state index contributed by atoms with van der Waals surface area (Å²) in [7, 11) is 3.95. The highest BCUT2D eigenvalue weighted by molar-refractivity contribution is 5.88. The van der Waals surface area contributed by atoms with E-state index in [9.17, 15) is 18.8 Å². The number of ether oxygens (including phenoxy) is 3. The van der Waals surface area contributed by atoms with Gasteiger partial charge in [-0.15, -0.1) is 0 Å². The van der Waals surface area contributed by atoms with Crippen LogP contribution in [-0.2, 0) is 23.8 Å². The molecule has 286 valence electrons. The number of hydrogen-bond acceptors (Lipinski definition) is 9. The fraction of sp³-hybridized carbons (Fsp3) is 0.718. The third-order valence-electron chi connectivity index (χ3n) is 9.68. The summed E-state index contributed by atoms with van der Waals surface area (Å²) in [5, 5.41) is 3.31. The normalized spacial score (nSPS) is 18.9. The van der Waals surface area contributed by atoms with Crippen molar-refractivity contribution < 1.29 is 37.4 Å². The quantitative estimate of drug-likeness (QED) is 0.151. The van der Waals surface area contributed by atoms with Crippen molar-refractivity contribution in [2.45, 2.75) is 110 Å². The number of nitrogens with two attached hydrogens (primary N) is 1.